The van der Waals surface area contributed by atoms with Crippen LogP contribution in [-0.2, 0) is 0 Å². The van der Waals surface area contributed by atoms with E-state index >= 15 is 0 Å². The lowest BCUT2D eigenvalue weighted by Gasteiger charge is -1.97. The summed E-state index contributed by atoms with van der Waals surface area (Å²) in [7, 11) is 0. The molecule has 0 bridgehead atoms. The molecule has 0 aliphatic carbocycles. The Kier molecular flexibility index (Phi) is 3.83. The molecule has 0 heterocycles. The molecule has 68 valence electrons. The van der Waals surface area contributed by atoms with Gasteiger partial charge < -0.3 is 5.73 Å². The fourth-order valence-electron chi connectivity index (χ4n) is 1.09. The highest BCUT2D eigenvalue weighted by molar-refractivity contribution is 5.63. The van der Waals surface area contributed by atoms with Gasteiger partial charge in [0.05, 0.1) is 0 Å². The Balaban J connectivity index is 2.58. The minimum absolute atomic E-state index is 0.831. The van der Waals surface area contributed by atoms with Gasteiger partial charge >= 0.3 is 0 Å². The highest BCUT2D eigenvalue weighted by atomic mass is 14.5. The maximum absolute atomic E-state index is 5.76. The second kappa shape index (κ2) is 5.20. The van der Waals surface area contributed by atoms with Crippen LogP contribution in [0.1, 0.15) is 18.4 Å². The fourth-order valence-corrected chi connectivity index (χ4v) is 1.09. The molecule has 0 aromatic heterocycles. The lowest BCUT2D eigenvalue weighted by molar-refractivity contribution is 1.06. The Bertz CT molecular complexity index is 300. The second-order valence-corrected chi connectivity index (χ2v) is 2.90. The lowest BCUT2D eigenvalue weighted by atomic mass is 10.1. The van der Waals surface area contributed by atoms with Crippen LogP contribution in [0.15, 0.2) is 43.0 Å². The molecule has 0 unspecified atom stereocenters. The summed E-state index contributed by atoms with van der Waals surface area (Å²) >= 11 is 0. The van der Waals surface area contributed by atoms with E-state index in [1.165, 1.54) is 0 Å². The molecule has 1 aromatic rings. The number of nitrogen functional groups attached to an aromatic ring is 1. The van der Waals surface area contributed by atoms with Crippen molar-refractivity contribution in [3.05, 3.63) is 48.6 Å². The molecular formula is C12H15N. The van der Waals surface area contributed by atoms with Crippen molar-refractivity contribution < 1.29 is 0 Å². The van der Waals surface area contributed by atoms with Crippen LogP contribution in [0.2, 0.25) is 0 Å². The standard InChI is InChI=1S/C12H15N/c1-2-3-4-5-8-11-9-6-7-10-12(11)13/h2,5-10H,1,3-4,13H2/b8-5+. The minimum atomic E-state index is 0.831. The summed E-state index contributed by atoms with van der Waals surface area (Å²) < 4.78 is 0. The molecule has 0 aliphatic rings. The van der Waals surface area contributed by atoms with Crippen molar-refractivity contribution in [1.29, 1.82) is 0 Å². The molecule has 1 heteroatoms. The molecule has 1 nitrogen and oxygen atoms in total. The second-order valence-electron chi connectivity index (χ2n) is 2.90. The zero-order chi connectivity index (χ0) is 9.52. The van der Waals surface area contributed by atoms with E-state index in [1.807, 2.05) is 30.3 Å². The number of para-hydroxylation sites is 1. The van der Waals surface area contributed by atoms with E-state index in [2.05, 4.69) is 18.7 Å². The molecule has 1 rings (SSSR count). The fraction of sp³-hybridized carbons (Fsp3) is 0.167. The van der Waals surface area contributed by atoms with E-state index in [1.54, 1.807) is 0 Å². The van der Waals surface area contributed by atoms with Gasteiger partial charge in [-0.05, 0) is 24.5 Å². The van der Waals surface area contributed by atoms with E-state index in [-0.39, 0.29) is 0 Å². The van der Waals surface area contributed by atoms with Gasteiger partial charge in [0.2, 0.25) is 0 Å². The first kappa shape index (κ1) is 9.59. The van der Waals surface area contributed by atoms with Crippen LogP contribution in [0, 0.1) is 0 Å². The van der Waals surface area contributed by atoms with Gasteiger partial charge in [-0.3, -0.25) is 0 Å². The average Bonchev–Trinajstić information content (AvgIpc) is 2.15. The summed E-state index contributed by atoms with van der Waals surface area (Å²) in [5.41, 5.74) is 7.68. The maximum atomic E-state index is 5.76. The number of hydrogen-bond donors (Lipinski definition) is 1. The van der Waals surface area contributed by atoms with Gasteiger partial charge in [-0.25, -0.2) is 0 Å². The van der Waals surface area contributed by atoms with Crippen LogP contribution in [0.3, 0.4) is 0 Å². The zero-order valence-electron chi connectivity index (χ0n) is 7.74. The summed E-state index contributed by atoms with van der Waals surface area (Å²) in [5, 5.41) is 0. The first-order valence-corrected chi connectivity index (χ1v) is 4.46. The Labute approximate surface area is 79.6 Å². The first-order chi connectivity index (χ1) is 6.34. The van der Waals surface area contributed by atoms with Crippen LogP contribution >= 0.6 is 0 Å². The third-order valence-electron chi connectivity index (χ3n) is 1.83. The van der Waals surface area contributed by atoms with Gasteiger partial charge in [0.25, 0.3) is 0 Å². The number of nitrogens with two attached hydrogens (primary N) is 1. The monoisotopic (exact) mass is 173 g/mol. The highest BCUT2D eigenvalue weighted by Crippen LogP contribution is 2.12. The summed E-state index contributed by atoms with van der Waals surface area (Å²) in [4.78, 5) is 0. The van der Waals surface area contributed by atoms with Crippen molar-refractivity contribution in [3.8, 4) is 0 Å². The SMILES string of the molecule is C=CCC/C=C/c1ccccc1N. The highest BCUT2D eigenvalue weighted by Gasteiger charge is 1.89. The summed E-state index contributed by atoms with van der Waals surface area (Å²) in [6.45, 7) is 3.66. The summed E-state index contributed by atoms with van der Waals surface area (Å²) in [5.74, 6) is 0. The number of unbranched alkanes of at least 4 members (excludes halogenated alkanes) is 1. The molecule has 0 atom stereocenters. The molecule has 0 amide bonds. The van der Waals surface area contributed by atoms with Gasteiger partial charge in [0.15, 0.2) is 0 Å². The van der Waals surface area contributed by atoms with Crippen molar-refractivity contribution in [2.24, 2.45) is 0 Å². The number of rotatable bonds is 4. The third-order valence-corrected chi connectivity index (χ3v) is 1.83. The largest absolute Gasteiger partial charge is 0.398 e. The molecule has 1 aromatic carbocycles. The predicted molar refractivity (Wildman–Crippen MR) is 59.3 cm³/mol. The van der Waals surface area contributed by atoms with Crippen LogP contribution < -0.4 is 5.73 Å². The lowest BCUT2D eigenvalue weighted by Crippen LogP contribution is -1.87. The quantitative estimate of drug-likeness (QED) is 0.422. The smallest absolute Gasteiger partial charge is 0.0387 e. The molecule has 0 spiro atoms. The molecule has 0 saturated carbocycles. The number of allylic oxidation sites excluding steroid dienone is 2. The Morgan fingerprint density at radius 2 is 2.00 bits per heavy atom. The van der Waals surface area contributed by atoms with Crippen molar-refractivity contribution in [2.45, 2.75) is 12.8 Å². The van der Waals surface area contributed by atoms with Crippen molar-refractivity contribution in [3.63, 3.8) is 0 Å². The molecule has 0 fully saturated rings. The molecule has 0 aliphatic heterocycles. The first-order valence-electron chi connectivity index (χ1n) is 4.46. The normalized spacial score (nSPS) is 10.5. The molecule has 0 saturated heterocycles. The van der Waals surface area contributed by atoms with E-state index in [0.29, 0.717) is 0 Å². The molecule has 0 radical (unpaired) electrons. The van der Waals surface area contributed by atoms with Gasteiger partial charge in [-0.1, -0.05) is 36.4 Å². The molecule has 13 heavy (non-hydrogen) atoms. The Morgan fingerprint density at radius 1 is 1.23 bits per heavy atom. The Morgan fingerprint density at radius 3 is 2.69 bits per heavy atom. The number of benzene rings is 1. The minimum Gasteiger partial charge on any atom is -0.398 e. The third kappa shape index (κ3) is 3.16. The van der Waals surface area contributed by atoms with Gasteiger partial charge in [0.1, 0.15) is 0 Å². The van der Waals surface area contributed by atoms with E-state index in [0.717, 1.165) is 24.1 Å². The van der Waals surface area contributed by atoms with Crippen LogP contribution in [0.4, 0.5) is 5.69 Å². The number of anilines is 1. The molecular weight excluding hydrogens is 158 g/mol. The van der Waals surface area contributed by atoms with Gasteiger partial charge in [0, 0.05) is 5.69 Å². The van der Waals surface area contributed by atoms with Crippen molar-refractivity contribution >= 4 is 11.8 Å². The topological polar surface area (TPSA) is 26.0 Å². The van der Waals surface area contributed by atoms with E-state index in [4.69, 9.17) is 5.73 Å². The Hall–Kier alpha value is -1.50. The zero-order valence-corrected chi connectivity index (χ0v) is 7.74. The van der Waals surface area contributed by atoms with Crippen molar-refractivity contribution in [1.82, 2.24) is 0 Å². The maximum Gasteiger partial charge on any atom is 0.0387 e. The van der Waals surface area contributed by atoms with Crippen molar-refractivity contribution in [2.75, 3.05) is 5.73 Å². The number of hydrogen-bond acceptors (Lipinski definition) is 1. The predicted octanol–water partition coefficient (Wildman–Crippen LogP) is 3.25. The van der Waals surface area contributed by atoms with Gasteiger partial charge in [-0.2, -0.15) is 0 Å². The van der Waals surface area contributed by atoms with E-state index < -0.39 is 0 Å². The van der Waals surface area contributed by atoms with Crippen LogP contribution in [0.25, 0.3) is 6.08 Å². The van der Waals surface area contributed by atoms with Crippen LogP contribution in [-0.4, -0.2) is 0 Å². The molecule has 2 N–H and O–H groups in total. The van der Waals surface area contributed by atoms with Crippen LogP contribution in [0.5, 0.6) is 0 Å². The summed E-state index contributed by atoms with van der Waals surface area (Å²) in [6.07, 6.45) is 8.13. The van der Waals surface area contributed by atoms with E-state index in [9.17, 15) is 0 Å². The summed E-state index contributed by atoms with van der Waals surface area (Å²) in [6, 6.07) is 7.85. The average molecular weight is 173 g/mol. The van der Waals surface area contributed by atoms with Gasteiger partial charge in [-0.15, -0.1) is 6.58 Å².